The minimum absolute atomic E-state index is 0.0233. The van der Waals surface area contributed by atoms with Gasteiger partial charge in [0.15, 0.2) is 5.82 Å². The smallest absolute Gasteiger partial charge is 0.309 e. The van der Waals surface area contributed by atoms with Crippen LogP contribution in [0.4, 0.5) is 11.4 Å². The van der Waals surface area contributed by atoms with Crippen molar-refractivity contribution in [3.05, 3.63) is 53.4 Å². The van der Waals surface area contributed by atoms with Crippen molar-refractivity contribution in [2.45, 2.75) is 13.3 Å². The van der Waals surface area contributed by atoms with Crippen LogP contribution in [0.2, 0.25) is 5.02 Å². The molecule has 2 unspecified atom stereocenters. The van der Waals surface area contributed by atoms with Crippen molar-refractivity contribution >= 4 is 45.5 Å². The number of nitrogens with one attached hydrogen (secondary N) is 1. The van der Waals surface area contributed by atoms with E-state index in [0.29, 0.717) is 23.7 Å². The number of methoxy groups -OCH3 is 1. The minimum atomic E-state index is -0.437. The molecule has 0 bridgehead atoms. The summed E-state index contributed by atoms with van der Waals surface area (Å²) in [5.74, 6) is -1.22. The Kier molecular flexibility index (Phi) is 5.55. The van der Waals surface area contributed by atoms with Crippen LogP contribution in [0.1, 0.15) is 24.0 Å². The number of carbonyl (C=O) groups is 2. The molecular weight excluding hydrogens is 406 g/mol. The molecule has 2 aromatic carbocycles. The number of Topliss-reactive ketones (excluding diaryl/α,β-unsaturated/α-hetero) is 1. The second-order valence-corrected chi connectivity index (χ2v) is 7.35. The van der Waals surface area contributed by atoms with Gasteiger partial charge in [-0.25, -0.2) is 4.98 Å². The summed E-state index contributed by atoms with van der Waals surface area (Å²) < 4.78 is 10.4. The van der Waals surface area contributed by atoms with Crippen LogP contribution in [0.5, 0.6) is 5.88 Å². The van der Waals surface area contributed by atoms with Gasteiger partial charge in [0.1, 0.15) is 5.69 Å². The molecule has 3 aromatic rings. The number of rotatable bonds is 7. The molecule has 1 saturated carbocycles. The van der Waals surface area contributed by atoms with Gasteiger partial charge >= 0.3 is 5.97 Å². The van der Waals surface area contributed by atoms with Crippen LogP contribution in [0.25, 0.3) is 10.8 Å². The third kappa shape index (κ3) is 3.80. The lowest BCUT2D eigenvalue weighted by molar-refractivity contribution is -0.144. The maximum atomic E-state index is 12.7. The molecule has 30 heavy (non-hydrogen) atoms. The first-order chi connectivity index (χ1) is 14.5. The lowest BCUT2D eigenvalue weighted by Crippen LogP contribution is -2.14. The number of fused-ring (bicyclic) bond motifs is 1. The van der Waals surface area contributed by atoms with Crippen molar-refractivity contribution in [2.24, 2.45) is 11.8 Å². The van der Waals surface area contributed by atoms with Crippen LogP contribution >= 0.6 is 11.6 Å². The number of carbonyl (C=O) groups excluding carboxylic acids is 2. The second-order valence-electron chi connectivity index (χ2n) is 6.95. The number of hydrogen-bond donors (Lipinski definition) is 1. The van der Waals surface area contributed by atoms with Crippen molar-refractivity contribution in [3.63, 3.8) is 0 Å². The summed E-state index contributed by atoms with van der Waals surface area (Å²) in [4.78, 5) is 32.9. The number of esters is 1. The Bertz CT molecular complexity index is 1130. The van der Waals surface area contributed by atoms with E-state index in [-0.39, 0.29) is 23.5 Å². The predicted octanol–water partition coefficient (Wildman–Crippen LogP) is 4.42. The molecule has 1 aliphatic carbocycles. The lowest BCUT2D eigenvalue weighted by Gasteiger charge is -2.13. The first-order valence-corrected chi connectivity index (χ1v) is 9.97. The zero-order chi connectivity index (χ0) is 21.3. The van der Waals surface area contributed by atoms with E-state index in [1.54, 1.807) is 13.0 Å². The monoisotopic (exact) mass is 425 g/mol. The highest BCUT2D eigenvalue weighted by Gasteiger charge is 2.50. The van der Waals surface area contributed by atoms with Crippen molar-refractivity contribution in [1.29, 1.82) is 0 Å². The van der Waals surface area contributed by atoms with Gasteiger partial charge in [0.2, 0.25) is 11.7 Å². The SMILES string of the molecule is CCOC(=O)C1CC1C(=O)c1ncc(Nc2ccc(Cl)c3ccccc23)c(OC)n1. The number of nitrogens with zero attached hydrogens (tertiary/aromatic N) is 2. The predicted molar refractivity (Wildman–Crippen MR) is 113 cm³/mol. The highest BCUT2D eigenvalue weighted by molar-refractivity contribution is 6.36. The molecular formula is C22H20ClN3O4. The maximum Gasteiger partial charge on any atom is 0.309 e. The van der Waals surface area contributed by atoms with Crippen molar-refractivity contribution in [3.8, 4) is 5.88 Å². The fourth-order valence-corrected chi connectivity index (χ4v) is 3.63. The summed E-state index contributed by atoms with van der Waals surface area (Å²) in [7, 11) is 1.47. The molecule has 0 aliphatic heterocycles. The molecule has 0 saturated heterocycles. The summed E-state index contributed by atoms with van der Waals surface area (Å²) in [5.41, 5.74) is 1.32. The quantitative estimate of drug-likeness (QED) is 0.442. The maximum absolute atomic E-state index is 12.7. The number of ether oxygens (including phenoxy) is 2. The van der Waals surface area contributed by atoms with E-state index in [2.05, 4.69) is 15.3 Å². The zero-order valence-corrected chi connectivity index (χ0v) is 17.3. The van der Waals surface area contributed by atoms with Gasteiger partial charge in [-0.1, -0.05) is 35.9 Å². The van der Waals surface area contributed by atoms with E-state index in [0.717, 1.165) is 16.5 Å². The zero-order valence-electron chi connectivity index (χ0n) is 16.5. The van der Waals surface area contributed by atoms with Gasteiger partial charge in [0, 0.05) is 27.4 Å². The molecule has 1 N–H and O–H groups in total. The Morgan fingerprint density at radius 3 is 2.63 bits per heavy atom. The largest absolute Gasteiger partial charge is 0.479 e. The van der Waals surface area contributed by atoms with Crippen molar-refractivity contribution in [1.82, 2.24) is 9.97 Å². The van der Waals surface area contributed by atoms with Gasteiger partial charge in [0.25, 0.3) is 0 Å². The molecule has 2 atom stereocenters. The molecule has 1 fully saturated rings. The van der Waals surface area contributed by atoms with Gasteiger partial charge < -0.3 is 14.8 Å². The third-order valence-corrected chi connectivity index (χ3v) is 5.35. The number of aromatic nitrogens is 2. The Balaban J connectivity index is 1.58. The minimum Gasteiger partial charge on any atom is -0.479 e. The summed E-state index contributed by atoms with van der Waals surface area (Å²) in [6.45, 7) is 2.03. The molecule has 7 nitrogen and oxygen atoms in total. The third-order valence-electron chi connectivity index (χ3n) is 5.02. The standard InChI is InChI=1S/C22H20ClN3O4/c1-3-30-22(28)15-10-14(15)19(27)20-24-11-18(21(26-20)29-2)25-17-9-8-16(23)12-6-4-5-7-13(12)17/h4-9,11,14-15,25H,3,10H2,1-2H3. The average Bonchev–Trinajstić information content (AvgIpc) is 3.57. The second kappa shape index (κ2) is 8.28. The number of ketones is 1. The number of halogens is 1. The highest BCUT2D eigenvalue weighted by atomic mass is 35.5. The topological polar surface area (TPSA) is 90.4 Å². The van der Waals surface area contributed by atoms with E-state index < -0.39 is 11.8 Å². The average molecular weight is 426 g/mol. The normalized spacial score (nSPS) is 17.4. The Morgan fingerprint density at radius 1 is 1.13 bits per heavy atom. The van der Waals surface area contributed by atoms with Crippen LogP contribution in [-0.4, -0.2) is 35.4 Å². The summed E-state index contributed by atoms with van der Waals surface area (Å²) in [5, 5.41) is 5.75. The van der Waals surface area contributed by atoms with Crippen LogP contribution in [0.15, 0.2) is 42.6 Å². The fraction of sp³-hybridized carbons (Fsp3) is 0.273. The summed E-state index contributed by atoms with van der Waals surface area (Å²) >= 11 is 6.29. The first kappa shape index (κ1) is 20.1. The van der Waals surface area contributed by atoms with Gasteiger partial charge in [-0.05, 0) is 25.5 Å². The number of hydrogen-bond acceptors (Lipinski definition) is 7. The molecule has 4 rings (SSSR count). The van der Waals surface area contributed by atoms with Gasteiger partial charge in [-0.15, -0.1) is 0 Å². The molecule has 8 heteroatoms. The van der Waals surface area contributed by atoms with E-state index in [4.69, 9.17) is 21.1 Å². The number of benzene rings is 2. The van der Waals surface area contributed by atoms with E-state index in [1.807, 2.05) is 30.3 Å². The van der Waals surface area contributed by atoms with Crippen LogP contribution in [-0.2, 0) is 9.53 Å². The molecule has 154 valence electrons. The van der Waals surface area contributed by atoms with Crippen molar-refractivity contribution in [2.75, 3.05) is 19.0 Å². The first-order valence-electron chi connectivity index (χ1n) is 9.59. The molecule has 0 amide bonds. The van der Waals surface area contributed by atoms with Crippen LogP contribution in [0.3, 0.4) is 0 Å². The van der Waals surface area contributed by atoms with Gasteiger partial charge in [0.05, 0.1) is 25.8 Å². The fourth-order valence-electron chi connectivity index (χ4n) is 3.40. The van der Waals surface area contributed by atoms with Crippen molar-refractivity contribution < 1.29 is 19.1 Å². The highest BCUT2D eigenvalue weighted by Crippen LogP contribution is 2.42. The summed E-state index contributed by atoms with van der Waals surface area (Å²) in [6.07, 6.45) is 1.96. The van der Waals surface area contributed by atoms with E-state index >= 15 is 0 Å². The molecule has 0 spiro atoms. The van der Waals surface area contributed by atoms with Gasteiger partial charge in [-0.2, -0.15) is 4.98 Å². The van der Waals surface area contributed by atoms with Crippen LogP contribution < -0.4 is 10.1 Å². The molecule has 1 aromatic heterocycles. The van der Waals surface area contributed by atoms with Gasteiger partial charge in [-0.3, -0.25) is 9.59 Å². The Hall–Kier alpha value is -3.19. The van der Waals surface area contributed by atoms with E-state index in [1.165, 1.54) is 13.3 Å². The van der Waals surface area contributed by atoms with E-state index in [9.17, 15) is 9.59 Å². The Morgan fingerprint density at radius 2 is 1.90 bits per heavy atom. The summed E-state index contributed by atoms with van der Waals surface area (Å²) in [6, 6.07) is 11.4. The molecule has 1 heterocycles. The Labute approximate surface area is 178 Å². The number of anilines is 2. The van der Waals surface area contributed by atoms with Crippen LogP contribution in [0, 0.1) is 11.8 Å². The molecule has 1 aliphatic rings. The molecule has 0 radical (unpaired) electrons. The lowest BCUT2D eigenvalue weighted by atomic mass is 10.1.